The third kappa shape index (κ3) is 2.80. The summed E-state index contributed by atoms with van der Waals surface area (Å²) < 4.78 is 13.8. The molecule has 1 aromatic carbocycles. The second-order valence-corrected chi connectivity index (χ2v) is 4.03. The van der Waals surface area contributed by atoms with Gasteiger partial charge in [0.1, 0.15) is 11.7 Å². The van der Waals surface area contributed by atoms with Crippen molar-refractivity contribution in [2.75, 3.05) is 5.32 Å². The van der Waals surface area contributed by atoms with Gasteiger partial charge in [-0.15, -0.1) is 0 Å². The number of carbonyl (C=O) groups is 1. The average Bonchev–Trinajstić information content (AvgIpc) is 2.25. The Labute approximate surface area is 101 Å². The maximum Gasteiger partial charge on any atom is 0.241 e. The minimum atomic E-state index is -0.758. The van der Waals surface area contributed by atoms with Crippen molar-refractivity contribution in [3.8, 4) is 6.07 Å². The quantitative estimate of drug-likeness (QED) is 0.927. The molecule has 0 fully saturated rings. The average molecular weight is 285 g/mol. The van der Waals surface area contributed by atoms with Crippen LogP contribution in [0.25, 0.3) is 0 Å². The zero-order valence-corrected chi connectivity index (χ0v) is 10.2. The second kappa shape index (κ2) is 5.61. The summed E-state index contributed by atoms with van der Waals surface area (Å²) in [4.78, 5) is 11.6. The van der Waals surface area contributed by atoms with Crippen LogP contribution in [0.2, 0.25) is 0 Å². The van der Waals surface area contributed by atoms with Crippen LogP contribution in [0.3, 0.4) is 0 Å². The van der Waals surface area contributed by atoms with Crippen molar-refractivity contribution in [3.63, 3.8) is 0 Å². The van der Waals surface area contributed by atoms with Crippen molar-refractivity contribution in [2.24, 2.45) is 5.92 Å². The molecular weight excluding hydrogens is 275 g/mol. The Balaban J connectivity index is 2.89. The van der Waals surface area contributed by atoms with E-state index in [2.05, 4.69) is 21.2 Å². The molecule has 1 rings (SSSR count). The molecule has 1 amide bonds. The normalized spacial score (nSPS) is 11.6. The monoisotopic (exact) mass is 284 g/mol. The first-order valence-corrected chi connectivity index (χ1v) is 5.54. The van der Waals surface area contributed by atoms with E-state index in [4.69, 9.17) is 5.26 Å². The number of nitrogens with zero attached hydrogens (tertiary/aromatic N) is 1. The molecule has 84 valence electrons. The summed E-state index contributed by atoms with van der Waals surface area (Å²) >= 11 is 3.13. The van der Waals surface area contributed by atoms with Gasteiger partial charge in [0.05, 0.1) is 11.8 Å². The highest BCUT2D eigenvalue weighted by atomic mass is 79.9. The molecule has 0 heterocycles. The number of anilines is 1. The van der Waals surface area contributed by atoms with E-state index in [1.54, 1.807) is 13.0 Å². The predicted molar refractivity (Wildman–Crippen MR) is 62.1 cm³/mol. The lowest BCUT2D eigenvalue weighted by molar-refractivity contribution is -0.118. The van der Waals surface area contributed by atoms with Gasteiger partial charge in [-0.1, -0.05) is 13.0 Å². The third-order valence-electron chi connectivity index (χ3n) is 2.09. The number of amides is 1. The molecule has 0 spiro atoms. The molecular formula is C11H10BrFN2O. The standard InChI is InChI=1S/C11H10BrFN2O/c1-2-7(6-14)11(16)15-10-8(12)4-3-5-9(10)13/h3-5,7H,2H2,1H3,(H,15,16). The minimum absolute atomic E-state index is 0.0706. The van der Waals surface area contributed by atoms with Gasteiger partial charge >= 0.3 is 0 Å². The van der Waals surface area contributed by atoms with Gasteiger partial charge < -0.3 is 5.32 Å². The smallest absolute Gasteiger partial charge is 0.241 e. The first-order chi connectivity index (χ1) is 7.60. The zero-order chi connectivity index (χ0) is 12.1. The van der Waals surface area contributed by atoms with Crippen LogP contribution < -0.4 is 5.32 Å². The highest BCUT2D eigenvalue weighted by Crippen LogP contribution is 2.25. The minimum Gasteiger partial charge on any atom is -0.322 e. The number of para-hydroxylation sites is 1. The maximum absolute atomic E-state index is 13.4. The Morgan fingerprint density at radius 1 is 1.69 bits per heavy atom. The molecule has 1 atom stereocenters. The first-order valence-electron chi connectivity index (χ1n) is 4.74. The topological polar surface area (TPSA) is 52.9 Å². The largest absolute Gasteiger partial charge is 0.322 e. The van der Waals surface area contributed by atoms with Crippen LogP contribution >= 0.6 is 15.9 Å². The second-order valence-electron chi connectivity index (χ2n) is 3.18. The van der Waals surface area contributed by atoms with Crippen molar-refractivity contribution in [1.29, 1.82) is 5.26 Å². The van der Waals surface area contributed by atoms with E-state index in [0.717, 1.165) is 0 Å². The van der Waals surface area contributed by atoms with Crippen LogP contribution in [0.1, 0.15) is 13.3 Å². The predicted octanol–water partition coefficient (Wildman–Crippen LogP) is 3.08. The van der Waals surface area contributed by atoms with Gasteiger partial charge in [-0.05, 0) is 34.5 Å². The lowest BCUT2D eigenvalue weighted by Gasteiger charge is -2.10. The van der Waals surface area contributed by atoms with Crippen LogP contribution in [0.5, 0.6) is 0 Å². The van der Waals surface area contributed by atoms with E-state index in [1.807, 2.05) is 6.07 Å². The number of halogens is 2. The van der Waals surface area contributed by atoms with Crippen molar-refractivity contribution < 1.29 is 9.18 Å². The SMILES string of the molecule is CCC(C#N)C(=O)Nc1c(F)cccc1Br. The van der Waals surface area contributed by atoms with Crippen molar-refractivity contribution >= 4 is 27.5 Å². The molecule has 1 aromatic rings. The summed E-state index contributed by atoms with van der Waals surface area (Å²) in [5.74, 6) is -1.78. The molecule has 0 aliphatic rings. The number of hydrogen-bond donors (Lipinski definition) is 1. The number of nitrogens with one attached hydrogen (secondary N) is 1. The summed E-state index contributed by atoms with van der Waals surface area (Å²) in [6.45, 7) is 1.73. The van der Waals surface area contributed by atoms with Gasteiger partial charge in [-0.25, -0.2) is 4.39 Å². The lowest BCUT2D eigenvalue weighted by Crippen LogP contribution is -2.21. The van der Waals surface area contributed by atoms with Crippen LogP contribution in [-0.2, 0) is 4.79 Å². The van der Waals surface area contributed by atoms with Crippen molar-refractivity contribution in [3.05, 3.63) is 28.5 Å². The molecule has 0 aliphatic carbocycles. The molecule has 0 radical (unpaired) electrons. The van der Waals surface area contributed by atoms with Crippen LogP contribution in [-0.4, -0.2) is 5.91 Å². The Hall–Kier alpha value is -1.41. The van der Waals surface area contributed by atoms with Crippen molar-refractivity contribution in [2.45, 2.75) is 13.3 Å². The van der Waals surface area contributed by atoms with Gasteiger partial charge in [0.25, 0.3) is 0 Å². The van der Waals surface area contributed by atoms with Crippen LogP contribution in [0.4, 0.5) is 10.1 Å². The van der Waals surface area contributed by atoms with Gasteiger partial charge in [-0.2, -0.15) is 5.26 Å². The fourth-order valence-electron chi connectivity index (χ4n) is 1.16. The Kier molecular flexibility index (Phi) is 4.44. The molecule has 1 unspecified atom stereocenters. The highest BCUT2D eigenvalue weighted by Gasteiger charge is 2.18. The summed E-state index contributed by atoms with van der Waals surface area (Å²) in [5.41, 5.74) is 0.0706. The molecule has 0 bridgehead atoms. The lowest BCUT2D eigenvalue weighted by atomic mass is 10.1. The number of nitriles is 1. The maximum atomic E-state index is 13.4. The van der Waals surface area contributed by atoms with E-state index in [0.29, 0.717) is 10.9 Å². The fourth-order valence-corrected chi connectivity index (χ4v) is 1.60. The number of benzene rings is 1. The summed E-state index contributed by atoms with van der Waals surface area (Å²) in [7, 11) is 0. The summed E-state index contributed by atoms with van der Waals surface area (Å²) in [6.07, 6.45) is 0.397. The third-order valence-corrected chi connectivity index (χ3v) is 2.75. The molecule has 3 nitrogen and oxygen atoms in total. The fraction of sp³-hybridized carbons (Fsp3) is 0.273. The van der Waals surface area contributed by atoms with E-state index < -0.39 is 17.6 Å². The summed E-state index contributed by atoms with van der Waals surface area (Å²) in [6, 6.07) is 6.25. The highest BCUT2D eigenvalue weighted by molar-refractivity contribution is 9.10. The number of hydrogen-bond acceptors (Lipinski definition) is 2. The number of rotatable bonds is 3. The Morgan fingerprint density at radius 2 is 2.38 bits per heavy atom. The molecule has 0 aromatic heterocycles. The van der Waals surface area contributed by atoms with Gasteiger partial charge in [-0.3, -0.25) is 4.79 Å². The van der Waals surface area contributed by atoms with Gasteiger partial charge in [0.2, 0.25) is 5.91 Å². The molecule has 0 saturated carbocycles. The Bertz CT molecular complexity index is 422. The molecule has 0 aliphatic heterocycles. The van der Waals surface area contributed by atoms with Crippen LogP contribution in [0.15, 0.2) is 22.7 Å². The van der Waals surface area contributed by atoms with E-state index in [-0.39, 0.29) is 5.69 Å². The molecule has 0 saturated heterocycles. The van der Waals surface area contributed by atoms with Gasteiger partial charge in [0.15, 0.2) is 0 Å². The molecule has 5 heteroatoms. The first kappa shape index (κ1) is 12.7. The number of carbonyl (C=O) groups excluding carboxylic acids is 1. The molecule has 16 heavy (non-hydrogen) atoms. The summed E-state index contributed by atoms with van der Waals surface area (Å²) in [5, 5.41) is 11.1. The van der Waals surface area contributed by atoms with E-state index in [1.165, 1.54) is 12.1 Å². The van der Waals surface area contributed by atoms with Crippen molar-refractivity contribution in [1.82, 2.24) is 0 Å². The zero-order valence-electron chi connectivity index (χ0n) is 8.63. The Morgan fingerprint density at radius 3 is 2.88 bits per heavy atom. The van der Waals surface area contributed by atoms with Crippen LogP contribution in [0, 0.1) is 23.1 Å². The van der Waals surface area contributed by atoms with E-state index >= 15 is 0 Å². The van der Waals surface area contributed by atoms with Gasteiger partial charge in [0, 0.05) is 4.47 Å². The molecule has 1 N–H and O–H groups in total. The van der Waals surface area contributed by atoms with E-state index in [9.17, 15) is 9.18 Å².